The van der Waals surface area contributed by atoms with E-state index >= 15 is 0 Å². The minimum Gasteiger partial charge on any atom is -0.378 e. The summed E-state index contributed by atoms with van der Waals surface area (Å²) in [6.07, 6.45) is 6.69. The van der Waals surface area contributed by atoms with Gasteiger partial charge in [-0.15, -0.1) is 0 Å². The third kappa shape index (κ3) is 4.67. The van der Waals surface area contributed by atoms with Gasteiger partial charge >= 0.3 is 0 Å². The number of hydrogen-bond acceptors (Lipinski definition) is 3. The predicted octanol–water partition coefficient (Wildman–Crippen LogP) is 3.24. The standard InChI is InChI=1S/C16H20N2O2/c17-12-13-5-4-6-14(11-13)18-16(19)9-10-20-15-7-2-1-3-8-15/h4-6,11,15H,1-3,7-10H2,(H,18,19). The Kier molecular flexibility index (Phi) is 5.57. The molecule has 1 aliphatic rings. The van der Waals surface area contributed by atoms with Crippen LogP contribution < -0.4 is 5.32 Å². The summed E-state index contributed by atoms with van der Waals surface area (Å²) in [6, 6.07) is 8.96. The molecule has 0 aliphatic heterocycles. The Balaban J connectivity index is 1.70. The number of hydrogen-bond donors (Lipinski definition) is 1. The van der Waals surface area contributed by atoms with Gasteiger partial charge in [-0.25, -0.2) is 0 Å². The Bertz CT molecular complexity index is 487. The van der Waals surface area contributed by atoms with Crippen molar-refractivity contribution >= 4 is 11.6 Å². The minimum absolute atomic E-state index is 0.0732. The lowest BCUT2D eigenvalue weighted by Gasteiger charge is -2.21. The van der Waals surface area contributed by atoms with Crippen LogP contribution in [0.4, 0.5) is 5.69 Å². The van der Waals surface area contributed by atoms with Gasteiger partial charge in [0.25, 0.3) is 0 Å². The van der Waals surface area contributed by atoms with Gasteiger partial charge in [0.05, 0.1) is 30.8 Å². The van der Waals surface area contributed by atoms with Crippen LogP contribution in [0.2, 0.25) is 0 Å². The van der Waals surface area contributed by atoms with Crippen LogP contribution in [-0.2, 0) is 9.53 Å². The van der Waals surface area contributed by atoms with Crippen LogP contribution >= 0.6 is 0 Å². The van der Waals surface area contributed by atoms with Crippen LogP contribution in [0.25, 0.3) is 0 Å². The SMILES string of the molecule is N#Cc1cccc(NC(=O)CCOC2CCCCC2)c1. The summed E-state index contributed by atoms with van der Waals surface area (Å²) in [4.78, 5) is 11.8. The first-order valence-electron chi connectivity index (χ1n) is 7.19. The zero-order chi connectivity index (χ0) is 14.2. The second-order valence-electron chi connectivity index (χ2n) is 5.12. The molecule has 20 heavy (non-hydrogen) atoms. The summed E-state index contributed by atoms with van der Waals surface area (Å²) in [5.41, 5.74) is 1.20. The molecule has 4 nitrogen and oxygen atoms in total. The lowest BCUT2D eigenvalue weighted by atomic mass is 9.98. The zero-order valence-corrected chi connectivity index (χ0v) is 11.6. The second kappa shape index (κ2) is 7.66. The van der Waals surface area contributed by atoms with Crippen LogP contribution in [0.5, 0.6) is 0 Å². The summed E-state index contributed by atoms with van der Waals surface area (Å²) in [5, 5.41) is 11.6. The molecule has 0 unspecified atom stereocenters. The van der Waals surface area contributed by atoms with Crippen molar-refractivity contribution in [2.75, 3.05) is 11.9 Å². The lowest BCUT2D eigenvalue weighted by molar-refractivity contribution is -0.117. The van der Waals surface area contributed by atoms with Gasteiger partial charge in [-0.3, -0.25) is 4.79 Å². The third-order valence-electron chi connectivity index (χ3n) is 3.51. The molecule has 4 heteroatoms. The van der Waals surface area contributed by atoms with E-state index in [1.165, 1.54) is 19.3 Å². The molecule has 0 atom stereocenters. The Morgan fingerprint density at radius 3 is 2.90 bits per heavy atom. The van der Waals surface area contributed by atoms with Crippen molar-refractivity contribution in [3.8, 4) is 6.07 Å². The van der Waals surface area contributed by atoms with E-state index < -0.39 is 0 Å². The van der Waals surface area contributed by atoms with E-state index in [4.69, 9.17) is 10.00 Å². The maximum atomic E-state index is 11.8. The van der Waals surface area contributed by atoms with Crippen LogP contribution in [0.1, 0.15) is 44.1 Å². The topological polar surface area (TPSA) is 62.1 Å². The fraction of sp³-hybridized carbons (Fsp3) is 0.500. The Morgan fingerprint density at radius 2 is 2.15 bits per heavy atom. The normalized spacial score (nSPS) is 15.6. The molecule has 0 spiro atoms. The van der Waals surface area contributed by atoms with E-state index in [0.29, 0.717) is 30.4 Å². The average molecular weight is 272 g/mol. The van der Waals surface area contributed by atoms with Gasteiger partial charge in [-0.1, -0.05) is 25.3 Å². The molecule has 0 heterocycles. The van der Waals surface area contributed by atoms with E-state index in [1.807, 2.05) is 0 Å². The molecule has 1 aliphatic carbocycles. The summed E-state index contributed by atoms with van der Waals surface area (Å²) in [6.45, 7) is 0.467. The average Bonchev–Trinajstić information content (AvgIpc) is 2.48. The molecule has 0 radical (unpaired) electrons. The molecule has 2 rings (SSSR count). The number of anilines is 1. The molecule has 1 N–H and O–H groups in total. The summed E-state index contributed by atoms with van der Waals surface area (Å²) < 4.78 is 5.72. The fourth-order valence-electron chi connectivity index (χ4n) is 2.44. The number of nitrogens with one attached hydrogen (secondary N) is 1. The van der Waals surface area contributed by atoms with Crippen molar-refractivity contribution in [1.29, 1.82) is 5.26 Å². The lowest BCUT2D eigenvalue weighted by Crippen LogP contribution is -2.20. The predicted molar refractivity (Wildman–Crippen MR) is 77.2 cm³/mol. The molecule has 1 aromatic rings. The number of ether oxygens (including phenoxy) is 1. The Labute approximate surface area is 119 Å². The molecule has 1 fully saturated rings. The molecule has 106 valence electrons. The van der Waals surface area contributed by atoms with Crippen LogP contribution in [0.3, 0.4) is 0 Å². The first-order valence-corrected chi connectivity index (χ1v) is 7.19. The highest BCUT2D eigenvalue weighted by Gasteiger charge is 2.14. The van der Waals surface area contributed by atoms with Crippen LogP contribution in [0, 0.1) is 11.3 Å². The maximum absolute atomic E-state index is 11.8. The first-order chi connectivity index (χ1) is 9.78. The summed E-state index contributed by atoms with van der Waals surface area (Å²) in [5.74, 6) is -0.0732. The van der Waals surface area contributed by atoms with Gasteiger partial charge in [-0.2, -0.15) is 5.26 Å². The van der Waals surface area contributed by atoms with E-state index in [0.717, 1.165) is 12.8 Å². The Hall–Kier alpha value is -1.86. The van der Waals surface area contributed by atoms with Gasteiger partial charge in [-0.05, 0) is 31.0 Å². The largest absolute Gasteiger partial charge is 0.378 e. The molecular weight excluding hydrogens is 252 g/mol. The van der Waals surface area contributed by atoms with Crippen molar-refractivity contribution in [3.63, 3.8) is 0 Å². The number of benzene rings is 1. The summed E-state index contributed by atoms with van der Waals surface area (Å²) >= 11 is 0. The number of carbonyl (C=O) groups is 1. The monoisotopic (exact) mass is 272 g/mol. The van der Waals surface area contributed by atoms with Crippen molar-refractivity contribution < 1.29 is 9.53 Å². The number of carbonyl (C=O) groups excluding carboxylic acids is 1. The Morgan fingerprint density at radius 1 is 1.35 bits per heavy atom. The van der Waals surface area contributed by atoms with E-state index in [1.54, 1.807) is 24.3 Å². The van der Waals surface area contributed by atoms with Gasteiger partial charge in [0.15, 0.2) is 0 Å². The van der Waals surface area contributed by atoms with Gasteiger partial charge in [0.2, 0.25) is 5.91 Å². The van der Waals surface area contributed by atoms with Crippen molar-refractivity contribution in [2.45, 2.75) is 44.6 Å². The number of nitrogens with zero attached hydrogens (tertiary/aromatic N) is 1. The van der Waals surface area contributed by atoms with Gasteiger partial charge in [0.1, 0.15) is 0 Å². The van der Waals surface area contributed by atoms with E-state index in [-0.39, 0.29) is 5.91 Å². The first kappa shape index (κ1) is 14.5. The highest BCUT2D eigenvalue weighted by molar-refractivity contribution is 5.90. The second-order valence-corrected chi connectivity index (χ2v) is 5.12. The van der Waals surface area contributed by atoms with Crippen LogP contribution in [0.15, 0.2) is 24.3 Å². The van der Waals surface area contributed by atoms with Crippen molar-refractivity contribution in [3.05, 3.63) is 29.8 Å². The smallest absolute Gasteiger partial charge is 0.226 e. The quantitative estimate of drug-likeness (QED) is 0.895. The number of amides is 1. The van der Waals surface area contributed by atoms with Crippen molar-refractivity contribution in [2.24, 2.45) is 0 Å². The molecule has 1 aromatic carbocycles. The highest BCUT2D eigenvalue weighted by atomic mass is 16.5. The van der Waals surface area contributed by atoms with Crippen molar-refractivity contribution in [1.82, 2.24) is 0 Å². The molecule has 0 saturated heterocycles. The highest BCUT2D eigenvalue weighted by Crippen LogP contribution is 2.20. The van der Waals surface area contributed by atoms with E-state index in [9.17, 15) is 4.79 Å². The minimum atomic E-state index is -0.0732. The van der Waals surface area contributed by atoms with Gasteiger partial charge < -0.3 is 10.1 Å². The molecule has 1 saturated carbocycles. The third-order valence-corrected chi connectivity index (χ3v) is 3.51. The number of rotatable bonds is 5. The molecule has 0 aromatic heterocycles. The van der Waals surface area contributed by atoms with Gasteiger partial charge in [0, 0.05) is 5.69 Å². The summed E-state index contributed by atoms with van der Waals surface area (Å²) in [7, 11) is 0. The molecular formula is C16H20N2O2. The maximum Gasteiger partial charge on any atom is 0.226 e. The molecule has 0 bridgehead atoms. The van der Waals surface area contributed by atoms with Crippen LogP contribution in [-0.4, -0.2) is 18.6 Å². The molecule has 1 amide bonds. The zero-order valence-electron chi connectivity index (χ0n) is 11.6. The van der Waals surface area contributed by atoms with E-state index in [2.05, 4.69) is 11.4 Å². The fourth-order valence-corrected chi connectivity index (χ4v) is 2.44. The number of nitriles is 1.